The first-order chi connectivity index (χ1) is 13.6. The molecule has 1 unspecified atom stereocenters. The standard InChI is InChI=1S/C20H20N4O4/c25-18(22-17-12-21-24-19(17)26)16(11-14-7-3-1-4-8-14)23-20(27)28-13-15-9-5-2-6-10-15/h1-10,12,16H,11,13H2,(H,22,25)(H,23,27)(H2,21,24,26). The maximum Gasteiger partial charge on any atom is 0.408 e. The zero-order valence-corrected chi connectivity index (χ0v) is 15.0. The molecule has 1 heterocycles. The van der Waals surface area contributed by atoms with Crippen LogP contribution in [0.25, 0.3) is 0 Å². The minimum Gasteiger partial charge on any atom is -0.445 e. The summed E-state index contributed by atoms with van der Waals surface area (Å²) in [6, 6.07) is 17.5. The van der Waals surface area contributed by atoms with Gasteiger partial charge in [-0.3, -0.25) is 14.7 Å². The Bertz CT molecular complexity index is 966. The lowest BCUT2D eigenvalue weighted by atomic mass is 10.1. The Hall–Kier alpha value is -3.81. The number of alkyl carbamates (subject to hydrolysis) is 1. The molecule has 0 saturated carbocycles. The van der Waals surface area contributed by atoms with Gasteiger partial charge in [-0.15, -0.1) is 0 Å². The highest BCUT2D eigenvalue weighted by atomic mass is 16.5. The van der Waals surface area contributed by atoms with Crippen molar-refractivity contribution in [1.29, 1.82) is 0 Å². The molecule has 0 saturated heterocycles. The molecule has 0 radical (unpaired) electrons. The normalized spacial score (nSPS) is 11.4. The van der Waals surface area contributed by atoms with Gasteiger partial charge >= 0.3 is 6.09 Å². The molecular weight excluding hydrogens is 360 g/mol. The van der Waals surface area contributed by atoms with Gasteiger partial charge in [-0.1, -0.05) is 60.7 Å². The van der Waals surface area contributed by atoms with Gasteiger partial charge in [-0.25, -0.2) is 4.79 Å². The van der Waals surface area contributed by atoms with Crippen LogP contribution in [-0.4, -0.2) is 28.2 Å². The van der Waals surface area contributed by atoms with Crippen LogP contribution in [-0.2, 0) is 22.6 Å². The molecule has 0 bridgehead atoms. The largest absolute Gasteiger partial charge is 0.445 e. The van der Waals surface area contributed by atoms with Crippen LogP contribution in [0.15, 0.2) is 71.7 Å². The summed E-state index contributed by atoms with van der Waals surface area (Å²) in [4.78, 5) is 36.4. The van der Waals surface area contributed by atoms with Crippen molar-refractivity contribution in [3.8, 4) is 0 Å². The molecule has 1 atom stereocenters. The Morgan fingerprint density at radius 3 is 2.21 bits per heavy atom. The molecule has 0 fully saturated rings. The fourth-order valence-corrected chi connectivity index (χ4v) is 2.59. The predicted octanol–water partition coefficient (Wildman–Crippen LogP) is 2.18. The summed E-state index contributed by atoms with van der Waals surface area (Å²) in [7, 11) is 0. The number of H-pyrrole nitrogens is 2. The van der Waals surface area contributed by atoms with E-state index in [1.165, 1.54) is 6.20 Å². The van der Waals surface area contributed by atoms with Gasteiger partial charge < -0.3 is 20.5 Å². The van der Waals surface area contributed by atoms with Gasteiger partial charge in [0, 0.05) is 12.6 Å². The van der Waals surface area contributed by atoms with Crippen LogP contribution in [0.3, 0.4) is 0 Å². The molecule has 0 aliphatic carbocycles. The quantitative estimate of drug-likeness (QED) is 0.503. The number of carbonyl (C=O) groups is 2. The second kappa shape index (κ2) is 9.22. The van der Waals surface area contributed by atoms with Crippen molar-refractivity contribution in [2.24, 2.45) is 0 Å². The number of rotatable bonds is 7. The number of carbonyl (C=O) groups excluding carboxylic acids is 2. The third kappa shape index (κ3) is 5.34. The van der Waals surface area contributed by atoms with E-state index in [0.717, 1.165) is 11.1 Å². The van der Waals surface area contributed by atoms with Crippen LogP contribution in [0.1, 0.15) is 11.1 Å². The van der Waals surface area contributed by atoms with Crippen LogP contribution in [0, 0.1) is 0 Å². The van der Waals surface area contributed by atoms with Crippen LogP contribution in [0.2, 0.25) is 0 Å². The minimum absolute atomic E-state index is 0.0718. The van der Waals surface area contributed by atoms with E-state index >= 15 is 0 Å². The van der Waals surface area contributed by atoms with Crippen LogP contribution in [0.5, 0.6) is 0 Å². The van der Waals surface area contributed by atoms with E-state index in [2.05, 4.69) is 20.8 Å². The van der Waals surface area contributed by atoms with Gasteiger partial charge in [-0.2, -0.15) is 0 Å². The van der Waals surface area contributed by atoms with Gasteiger partial charge in [0.15, 0.2) is 0 Å². The van der Waals surface area contributed by atoms with E-state index in [4.69, 9.17) is 4.74 Å². The Balaban J connectivity index is 1.66. The molecule has 2 amide bonds. The topological polar surface area (TPSA) is 116 Å². The molecule has 1 aromatic heterocycles. The van der Waals surface area contributed by atoms with Gasteiger partial charge in [0.1, 0.15) is 18.3 Å². The molecular formula is C20H20N4O4. The molecule has 28 heavy (non-hydrogen) atoms. The van der Waals surface area contributed by atoms with Gasteiger partial charge in [0.05, 0.1) is 0 Å². The minimum atomic E-state index is -0.917. The average molecular weight is 380 g/mol. The second-order valence-electron chi connectivity index (χ2n) is 6.09. The zero-order valence-electron chi connectivity index (χ0n) is 15.0. The number of hydrogen-bond donors (Lipinski definition) is 4. The highest BCUT2D eigenvalue weighted by molar-refractivity contribution is 5.96. The summed E-state index contributed by atoms with van der Waals surface area (Å²) in [6.45, 7) is 0.0871. The fourth-order valence-electron chi connectivity index (χ4n) is 2.59. The molecule has 8 heteroatoms. The Labute approximate surface area is 160 Å². The maximum atomic E-state index is 12.6. The van der Waals surface area contributed by atoms with Crippen molar-refractivity contribution < 1.29 is 14.3 Å². The van der Waals surface area contributed by atoms with E-state index < -0.39 is 23.6 Å². The van der Waals surface area contributed by atoms with Gasteiger partial charge in [0.25, 0.3) is 5.56 Å². The molecule has 0 spiro atoms. The highest BCUT2D eigenvalue weighted by Crippen LogP contribution is 2.07. The second-order valence-corrected chi connectivity index (χ2v) is 6.09. The molecule has 0 aliphatic heterocycles. The Kier molecular flexibility index (Phi) is 6.25. The summed E-state index contributed by atoms with van der Waals surface area (Å²) in [5.74, 6) is -0.523. The van der Waals surface area contributed by atoms with E-state index in [1.54, 1.807) is 0 Å². The number of hydrogen-bond acceptors (Lipinski definition) is 4. The SMILES string of the molecule is O=C(NC(Cc1ccccc1)C(=O)Nc1c[nH][nH]c1=O)OCc1ccccc1. The van der Waals surface area contributed by atoms with Crippen molar-refractivity contribution >= 4 is 17.7 Å². The Morgan fingerprint density at radius 1 is 0.964 bits per heavy atom. The van der Waals surface area contributed by atoms with Crippen LogP contribution < -0.4 is 16.2 Å². The van der Waals surface area contributed by atoms with Gasteiger partial charge in [-0.05, 0) is 11.1 Å². The van der Waals surface area contributed by atoms with Crippen molar-refractivity contribution in [3.05, 3.63) is 88.3 Å². The first-order valence-corrected chi connectivity index (χ1v) is 8.70. The van der Waals surface area contributed by atoms with E-state index in [1.807, 2.05) is 60.7 Å². The summed E-state index contributed by atoms with van der Waals surface area (Å²) in [5.41, 5.74) is 1.30. The number of nitrogens with one attached hydrogen (secondary N) is 4. The Morgan fingerprint density at radius 2 is 1.61 bits per heavy atom. The smallest absolute Gasteiger partial charge is 0.408 e. The number of anilines is 1. The molecule has 3 rings (SSSR count). The zero-order chi connectivity index (χ0) is 19.8. The first kappa shape index (κ1) is 19.0. The van der Waals surface area contributed by atoms with Crippen LogP contribution >= 0.6 is 0 Å². The number of ether oxygens (including phenoxy) is 1. The van der Waals surface area contributed by atoms with E-state index in [-0.39, 0.29) is 18.7 Å². The van der Waals surface area contributed by atoms with Crippen molar-refractivity contribution in [2.75, 3.05) is 5.32 Å². The van der Waals surface area contributed by atoms with Crippen LogP contribution in [0.4, 0.5) is 10.5 Å². The molecule has 3 aromatic rings. The maximum absolute atomic E-state index is 12.6. The van der Waals surface area contributed by atoms with Crippen molar-refractivity contribution in [1.82, 2.24) is 15.5 Å². The molecule has 4 N–H and O–H groups in total. The monoisotopic (exact) mass is 380 g/mol. The molecule has 8 nitrogen and oxygen atoms in total. The molecule has 144 valence electrons. The van der Waals surface area contributed by atoms with Gasteiger partial charge in [0.2, 0.25) is 5.91 Å². The summed E-state index contributed by atoms with van der Waals surface area (Å²) >= 11 is 0. The lowest BCUT2D eigenvalue weighted by Crippen LogP contribution is -2.45. The summed E-state index contributed by atoms with van der Waals surface area (Å²) in [5, 5.41) is 9.92. The first-order valence-electron chi connectivity index (χ1n) is 8.70. The lowest BCUT2D eigenvalue weighted by molar-refractivity contribution is -0.118. The number of aromatic nitrogens is 2. The average Bonchev–Trinajstić information content (AvgIpc) is 3.12. The third-order valence-corrected chi connectivity index (χ3v) is 4.01. The summed E-state index contributed by atoms with van der Waals surface area (Å²) in [6.07, 6.45) is 0.867. The molecule has 0 aliphatic rings. The molecule has 2 aromatic carbocycles. The fraction of sp³-hybridized carbons (Fsp3) is 0.150. The third-order valence-electron chi connectivity index (χ3n) is 4.01. The van der Waals surface area contributed by atoms with E-state index in [9.17, 15) is 14.4 Å². The van der Waals surface area contributed by atoms with Crippen molar-refractivity contribution in [2.45, 2.75) is 19.1 Å². The van der Waals surface area contributed by atoms with Crippen molar-refractivity contribution in [3.63, 3.8) is 0 Å². The number of aromatic amines is 2. The lowest BCUT2D eigenvalue weighted by Gasteiger charge is -2.18. The summed E-state index contributed by atoms with van der Waals surface area (Å²) < 4.78 is 5.20. The number of amides is 2. The highest BCUT2D eigenvalue weighted by Gasteiger charge is 2.23. The number of benzene rings is 2. The van der Waals surface area contributed by atoms with E-state index in [0.29, 0.717) is 0 Å². The predicted molar refractivity (Wildman–Crippen MR) is 104 cm³/mol.